The molecule has 0 heterocycles. The zero-order valence-corrected chi connectivity index (χ0v) is 17.1. The number of aliphatic imine (C=N–C) groups is 1. The SMILES string of the molecule is CCNC(=NCCNC(=O)OC(C)(C)C)NCCNC(=O)OC(C)(C)C. The molecule has 0 rings (SSSR count). The summed E-state index contributed by atoms with van der Waals surface area (Å²) < 4.78 is 10.3. The number of nitrogens with one attached hydrogen (secondary N) is 4. The molecule has 152 valence electrons. The summed E-state index contributed by atoms with van der Waals surface area (Å²) in [6.07, 6.45) is -0.921. The molecule has 0 aromatic carbocycles. The Morgan fingerprint density at radius 3 is 1.69 bits per heavy atom. The van der Waals surface area contributed by atoms with Crippen LogP contribution in [-0.2, 0) is 9.47 Å². The summed E-state index contributed by atoms with van der Waals surface area (Å²) in [6.45, 7) is 15.2. The normalized spacial score (nSPS) is 12.2. The molecule has 2 amide bonds. The third kappa shape index (κ3) is 15.3. The first-order valence-corrected chi connectivity index (χ1v) is 8.89. The van der Waals surface area contributed by atoms with Crippen LogP contribution in [0.5, 0.6) is 0 Å². The van der Waals surface area contributed by atoms with Crippen molar-refractivity contribution in [3.05, 3.63) is 0 Å². The topological polar surface area (TPSA) is 113 Å². The summed E-state index contributed by atoms with van der Waals surface area (Å²) in [6, 6.07) is 0. The Balaban J connectivity index is 4.10. The van der Waals surface area contributed by atoms with Crippen molar-refractivity contribution in [1.29, 1.82) is 0 Å². The summed E-state index contributed by atoms with van der Waals surface area (Å²) in [5.41, 5.74) is -1.04. The van der Waals surface area contributed by atoms with Crippen molar-refractivity contribution in [1.82, 2.24) is 21.3 Å². The minimum atomic E-state index is -0.523. The van der Waals surface area contributed by atoms with E-state index in [1.807, 2.05) is 48.5 Å². The quantitative estimate of drug-likeness (QED) is 0.306. The maximum absolute atomic E-state index is 11.5. The highest BCUT2D eigenvalue weighted by Crippen LogP contribution is 2.06. The molecule has 0 aromatic rings. The Morgan fingerprint density at radius 2 is 1.23 bits per heavy atom. The summed E-state index contributed by atoms with van der Waals surface area (Å²) in [5.74, 6) is 0.601. The molecule has 0 fully saturated rings. The van der Waals surface area contributed by atoms with E-state index in [0.29, 0.717) is 38.7 Å². The predicted molar refractivity (Wildman–Crippen MR) is 102 cm³/mol. The van der Waals surface area contributed by atoms with Gasteiger partial charge in [0, 0.05) is 26.2 Å². The lowest BCUT2D eigenvalue weighted by Gasteiger charge is -2.20. The van der Waals surface area contributed by atoms with Crippen LogP contribution in [-0.4, -0.2) is 62.1 Å². The number of hydrogen-bond acceptors (Lipinski definition) is 5. The van der Waals surface area contributed by atoms with Gasteiger partial charge in [0.2, 0.25) is 0 Å². The first-order chi connectivity index (χ1) is 11.9. The number of ether oxygens (including phenoxy) is 2. The number of rotatable bonds is 7. The maximum atomic E-state index is 11.5. The number of nitrogens with zero attached hydrogens (tertiary/aromatic N) is 1. The molecular weight excluding hydrogens is 338 g/mol. The van der Waals surface area contributed by atoms with E-state index in [2.05, 4.69) is 26.3 Å². The lowest BCUT2D eigenvalue weighted by atomic mass is 10.2. The molecule has 0 atom stereocenters. The minimum Gasteiger partial charge on any atom is -0.444 e. The molecule has 0 aliphatic heterocycles. The number of amides is 2. The van der Waals surface area contributed by atoms with Gasteiger partial charge in [0.15, 0.2) is 5.96 Å². The number of hydrogen-bond donors (Lipinski definition) is 4. The Bertz CT molecular complexity index is 467. The van der Waals surface area contributed by atoms with Crippen LogP contribution in [0.4, 0.5) is 9.59 Å². The van der Waals surface area contributed by atoms with Crippen molar-refractivity contribution in [2.75, 3.05) is 32.7 Å². The Labute approximate surface area is 156 Å². The van der Waals surface area contributed by atoms with Crippen molar-refractivity contribution in [2.24, 2.45) is 4.99 Å². The fourth-order valence-electron chi connectivity index (χ4n) is 1.64. The number of carbonyl (C=O) groups is 2. The molecule has 0 saturated carbocycles. The zero-order valence-electron chi connectivity index (χ0n) is 17.1. The average molecular weight is 373 g/mol. The highest BCUT2D eigenvalue weighted by Gasteiger charge is 2.16. The average Bonchev–Trinajstić information content (AvgIpc) is 2.44. The first kappa shape index (κ1) is 23.8. The highest BCUT2D eigenvalue weighted by molar-refractivity contribution is 5.79. The van der Waals surface area contributed by atoms with Crippen LogP contribution in [0.15, 0.2) is 4.99 Å². The smallest absolute Gasteiger partial charge is 0.407 e. The molecule has 9 heteroatoms. The van der Waals surface area contributed by atoms with Gasteiger partial charge in [-0.1, -0.05) is 0 Å². The number of carbonyl (C=O) groups excluding carboxylic acids is 2. The molecule has 0 bridgehead atoms. The molecule has 0 unspecified atom stereocenters. The van der Waals surface area contributed by atoms with E-state index >= 15 is 0 Å². The second-order valence-corrected chi connectivity index (χ2v) is 7.54. The van der Waals surface area contributed by atoms with E-state index in [0.717, 1.165) is 0 Å². The first-order valence-electron chi connectivity index (χ1n) is 8.89. The fourth-order valence-corrected chi connectivity index (χ4v) is 1.64. The van der Waals surface area contributed by atoms with Crippen LogP contribution in [0.3, 0.4) is 0 Å². The van der Waals surface area contributed by atoms with Crippen molar-refractivity contribution in [3.8, 4) is 0 Å². The number of guanidine groups is 1. The highest BCUT2D eigenvalue weighted by atomic mass is 16.6. The summed E-state index contributed by atoms with van der Waals surface area (Å²) in [7, 11) is 0. The summed E-state index contributed by atoms with van der Waals surface area (Å²) >= 11 is 0. The molecule has 0 aliphatic rings. The van der Waals surface area contributed by atoms with Gasteiger partial charge in [-0.3, -0.25) is 4.99 Å². The van der Waals surface area contributed by atoms with E-state index in [-0.39, 0.29) is 0 Å². The molecule has 9 nitrogen and oxygen atoms in total. The predicted octanol–water partition coefficient (Wildman–Crippen LogP) is 1.59. The Kier molecular flexibility index (Phi) is 10.5. The van der Waals surface area contributed by atoms with Crippen molar-refractivity contribution >= 4 is 18.1 Å². The standard InChI is InChI=1S/C17H35N5O4/c1-8-18-13(19-9-11-21-14(23)25-16(2,3)4)20-10-12-22-15(24)26-17(5,6)7/h8-12H2,1-7H3,(H,21,23)(H,22,24)(H2,18,19,20). The van der Waals surface area contributed by atoms with Gasteiger partial charge in [-0.2, -0.15) is 0 Å². The van der Waals surface area contributed by atoms with Crippen molar-refractivity contribution in [3.63, 3.8) is 0 Å². The monoisotopic (exact) mass is 373 g/mol. The van der Waals surface area contributed by atoms with Gasteiger partial charge in [-0.25, -0.2) is 9.59 Å². The molecular formula is C17H35N5O4. The van der Waals surface area contributed by atoms with E-state index < -0.39 is 23.4 Å². The second kappa shape index (κ2) is 11.4. The van der Waals surface area contributed by atoms with Gasteiger partial charge in [0.1, 0.15) is 11.2 Å². The van der Waals surface area contributed by atoms with Crippen LogP contribution in [0.2, 0.25) is 0 Å². The lowest BCUT2D eigenvalue weighted by Crippen LogP contribution is -2.42. The fraction of sp³-hybridized carbons (Fsp3) is 0.824. The van der Waals surface area contributed by atoms with E-state index in [4.69, 9.17) is 9.47 Å². The second-order valence-electron chi connectivity index (χ2n) is 7.54. The van der Waals surface area contributed by atoms with Crippen LogP contribution >= 0.6 is 0 Å². The van der Waals surface area contributed by atoms with Crippen LogP contribution in [0.1, 0.15) is 48.5 Å². The van der Waals surface area contributed by atoms with Crippen molar-refractivity contribution in [2.45, 2.75) is 59.7 Å². The molecule has 0 spiro atoms. The molecule has 0 radical (unpaired) electrons. The Hall–Kier alpha value is -2.19. The Morgan fingerprint density at radius 1 is 0.769 bits per heavy atom. The van der Waals surface area contributed by atoms with Gasteiger partial charge in [0.05, 0.1) is 6.54 Å². The molecule has 0 saturated heterocycles. The summed E-state index contributed by atoms with van der Waals surface area (Å²) in [5, 5.41) is 11.5. The lowest BCUT2D eigenvalue weighted by molar-refractivity contribution is 0.0518. The molecule has 4 N–H and O–H groups in total. The van der Waals surface area contributed by atoms with Crippen molar-refractivity contribution < 1.29 is 19.1 Å². The van der Waals surface area contributed by atoms with Crippen LogP contribution < -0.4 is 21.3 Å². The third-order valence-corrected chi connectivity index (χ3v) is 2.48. The number of alkyl carbamates (subject to hydrolysis) is 2. The van der Waals surface area contributed by atoms with Gasteiger partial charge < -0.3 is 30.7 Å². The van der Waals surface area contributed by atoms with E-state index in [9.17, 15) is 9.59 Å². The van der Waals surface area contributed by atoms with E-state index in [1.54, 1.807) is 0 Å². The summed E-state index contributed by atoms with van der Waals surface area (Å²) in [4.78, 5) is 27.4. The molecule has 26 heavy (non-hydrogen) atoms. The van der Waals surface area contributed by atoms with Gasteiger partial charge in [-0.15, -0.1) is 0 Å². The molecule has 0 aromatic heterocycles. The third-order valence-electron chi connectivity index (χ3n) is 2.48. The maximum Gasteiger partial charge on any atom is 0.407 e. The van der Waals surface area contributed by atoms with Gasteiger partial charge in [-0.05, 0) is 48.5 Å². The van der Waals surface area contributed by atoms with Crippen LogP contribution in [0, 0.1) is 0 Å². The zero-order chi connectivity index (χ0) is 20.2. The molecule has 0 aliphatic carbocycles. The van der Waals surface area contributed by atoms with E-state index in [1.165, 1.54) is 0 Å². The van der Waals surface area contributed by atoms with Crippen LogP contribution in [0.25, 0.3) is 0 Å². The largest absolute Gasteiger partial charge is 0.444 e. The minimum absolute atomic E-state index is 0.363. The van der Waals surface area contributed by atoms with Gasteiger partial charge >= 0.3 is 12.2 Å². The van der Waals surface area contributed by atoms with Gasteiger partial charge in [0.25, 0.3) is 0 Å².